The SMILES string of the molecule is N#CC(C#N)=C1C(c2cc(F)c(F)cc2C#N)=C(C#N)c2c(C#N)c3c(c(C#N)c21)C(=C(C#N)C#N)C(c1cc(F)c(F)cc1C#N)=C3C#N. The molecule has 14 heteroatoms. The van der Waals surface area contributed by atoms with Gasteiger partial charge in [0.05, 0.1) is 45.5 Å². The van der Waals surface area contributed by atoms with Crippen molar-refractivity contribution in [3.05, 3.63) is 114 Å². The quantitative estimate of drug-likeness (QED) is 0.223. The highest BCUT2D eigenvalue weighted by Crippen LogP contribution is 2.58. The monoisotopic (exact) mass is 652 g/mol. The lowest BCUT2D eigenvalue weighted by atomic mass is 9.82. The molecule has 0 atom stereocenters. The molecule has 0 aliphatic heterocycles. The number of benzene rings is 3. The van der Waals surface area contributed by atoms with Gasteiger partial charge >= 0.3 is 0 Å². The van der Waals surface area contributed by atoms with Crippen LogP contribution >= 0.6 is 0 Å². The minimum absolute atomic E-state index is 0.479. The van der Waals surface area contributed by atoms with Gasteiger partial charge in [-0.2, -0.15) is 52.6 Å². The molecule has 0 unspecified atom stereocenters. The van der Waals surface area contributed by atoms with Crippen molar-refractivity contribution in [2.24, 2.45) is 0 Å². The van der Waals surface area contributed by atoms with E-state index in [1.54, 1.807) is 60.7 Å². The summed E-state index contributed by atoms with van der Waals surface area (Å²) >= 11 is 0. The molecule has 2 aliphatic rings. The van der Waals surface area contributed by atoms with Crippen LogP contribution in [0.15, 0.2) is 35.4 Å². The summed E-state index contributed by atoms with van der Waals surface area (Å²) < 4.78 is 57.9. The molecule has 2 aliphatic carbocycles. The number of hydrogen-bond donors (Lipinski definition) is 0. The van der Waals surface area contributed by atoms with Gasteiger partial charge in [-0.3, -0.25) is 0 Å². The largest absolute Gasteiger partial charge is 0.204 e. The molecule has 10 nitrogen and oxygen atoms in total. The summed E-state index contributed by atoms with van der Waals surface area (Å²) in [6.45, 7) is 0. The standard InChI is InChI=1S/C36H4F4N10/c37-25-1-15(5-41)19(3-27(25)39)31-21(11-47)33-23(13-49)34-22(12-48)32(20-4-28(40)26(38)2-16(20)6-42)30(18(9-45)10-46)36(34)24(14-50)35(33)29(31)17(7-43)8-44/h1-4H. The smallest absolute Gasteiger partial charge is 0.160 e. The lowest BCUT2D eigenvalue weighted by molar-refractivity contribution is 0.508. The van der Waals surface area contributed by atoms with Gasteiger partial charge in [0.25, 0.3) is 0 Å². The Morgan fingerprint density at radius 2 is 0.720 bits per heavy atom. The predicted molar refractivity (Wildman–Crippen MR) is 159 cm³/mol. The molecule has 0 fully saturated rings. The molecular formula is C36H4F4N10. The Hall–Kier alpha value is -8.76. The fraction of sp³-hybridized carbons (Fsp3) is 0. The zero-order valence-corrected chi connectivity index (χ0v) is 24.3. The second-order valence-corrected chi connectivity index (χ2v) is 9.99. The normalized spacial score (nSPS) is 12.0. The molecule has 0 N–H and O–H groups in total. The maximum atomic E-state index is 14.7. The minimum atomic E-state index is -1.52. The van der Waals surface area contributed by atoms with Crippen molar-refractivity contribution in [3.63, 3.8) is 0 Å². The molecule has 0 amide bonds. The Morgan fingerprint density at radius 1 is 0.400 bits per heavy atom. The zero-order chi connectivity index (χ0) is 36.6. The molecule has 0 saturated carbocycles. The number of halogens is 4. The van der Waals surface area contributed by atoms with Crippen molar-refractivity contribution in [2.75, 3.05) is 0 Å². The molecule has 5 rings (SSSR count). The Morgan fingerprint density at radius 3 is 1.00 bits per heavy atom. The Bertz CT molecular complexity index is 2590. The highest BCUT2D eigenvalue weighted by molar-refractivity contribution is 6.32. The van der Waals surface area contributed by atoms with Crippen LogP contribution in [0.5, 0.6) is 0 Å². The summed E-state index contributed by atoms with van der Waals surface area (Å²) in [5.41, 5.74) is -10.7. The molecule has 0 spiro atoms. The summed E-state index contributed by atoms with van der Waals surface area (Å²) in [7, 11) is 0. The first-order chi connectivity index (χ1) is 24.1. The second kappa shape index (κ2) is 12.2. The van der Waals surface area contributed by atoms with Gasteiger partial charge in [0, 0.05) is 55.7 Å². The van der Waals surface area contributed by atoms with Gasteiger partial charge in [0.2, 0.25) is 0 Å². The molecule has 0 heterocycles. The molecule has 3 aromatic carbocycles. The first kappa shape index (κ1) is 32.6. The number of allylic oxidation sites excluding steroid dienone is 8. The first-order valence-corrected chi connectivity index (χ1v) is 13.3. The minimum Gasteiger partial charge on any atom is -0.204 e. The van der Waals surface area contributed by atoms with Crippen LogP contribution < -0.4 is 0 Å². The van der Waals surface area contributed by atoms with E-state index in [-0.39, 0.29) is 0 Å². The summed E-state index contributed by atoms with van der Waals surface area (Å²) in [6, 6.07) is 18.6. The first-order valence-electron chi connectivity index (χ1n) is 13.3. The van der Waals surface area contributed by atoms with E-state index in [4.69, 9.17) is 0 Å². The zero-order valence-electron chi connectivity index (χ0n) is 24.3. The van der Waals surface area contributed by atoms with Crippen LogP contribution in [0.25, 0.3) is 33.4 Å². The third-order valence-corrected chi connectivity index (χ3v) is 7.79. The van der Waals surface area contributed by atoms with Crippen LogP contribution in [0.4, 0.5) is 17.6 Å². The van der Waals surface area contributed by atoms with Gasteiger partial charge in [0.1, 0.15) is 59.7 Å². The molecule has 226 valence electrons. The Labute approximate surface area is 278 Å². The third kappa shape index (κ3) is 4.32. The topological polar surface area (TPSA) is 238 Å². The van der Waals surface area contributed by atoms with Crippen molar-refractivity contribution in [1.82, 2.24) is 0 Å². The van der Waals surface area contributed by atoms with Crippen LogP contribution in [0.1, 0.15) is 55.6 Å². The lowest BCUT2D eigenvalue weighted by Gasteiger charge is -2.16. The predicted octanol–water partition coefficient (Wildman–Crippen LogP) is 6.23. The van der Waals surface area contributed by atoms with Crippen molar-refractivity contribution in [3.8, 4) is 60.7 Å². The van der Waals surface area contributed by atoms with Crippen molar-refractivity contribution >= 4 is 33.4 Å². The molecular weight excluding hydrogens is 648 g/mol. The van der Waals surface area contributed by atoms with Gasteiger partial charge in [-0.15, -0.1) is 0 Å². The fourth-order valence-corrected chi connectivity index (χ4v) is 5.95. The number of nitriles is 10. The Balaban J connectivity index is 2.17. The second-order valence-electron chi connectivity index (χ2n) is 9.99. The molecule has 0 radical (unpaired) electrons. The average Bonchev–Trinajstić information content (AvgIpc) is 3.63. The van der Waals surface area contributed by atoms with E-state index in [9.17, 15) is 70.2 Å². The summed E-state index contributed by atoms with van der Waals surface area (Å²) in [6.07, 6.45) is 0. The average molecular weight is 652 g/mol. The fourth-order valence-electron chi connectivity index (χ4n) is 5.95. The van der Waals surface area contributed by atoms with Gasteiger partial charge < -0.3 is 0 Å². The van der Waals surface area contributed by atoms with E-state index in [1.165, 1.54) is 0 Å². The van der Waals surface area contributed by atoms with Crippen LogP contribution in [0.2, 0.25) is 0 Å². The molecule has 0 saturated heterocycles. The molecule has 50 heavy (non-hydrogen) atoms. The molecule has 0 aromatic heterocycles. The van der Waals surface area contributed by atoms with Crippen molar-refractivity contribution in [1.29, 1.82) is 52.6 Å². The van der Waals surface area contributed by atoms with Gasteiger partial charge in [-0.1, -0.05) is 0 Å². The number of nitrogens with zero attached hydrogens (tertiary/aromatic N) is 10. The maximum Gasteiger partial charge on any atom is 0.160 e. The van der Waals surface area contributed by atoms with E-state index in [0.29, 0.717) is 24.3 Å². The lowest BCUT2D eigenvalue weighted by Crippen LogP contribution is -2.05. The van der Waals surface area contributed by atoms with Crippen molar-refractivity contribution < 1.29 is 17.6 Å². The van der Waals surface area contributed by atoms with Gasteiger partial charge in [0.15, 0.2) is 23.3 Å². The third-order valence-electron chi connectivity index (χ3n) is 7.79. The van der Waals surface area contributed by atoms with E-state index in [0.717, 1.165) is 0 Å². The number of rotatable bonds is 2. The van der Waals surface area contributed by atoms with E-state index < -0.39 is 123 Å². The van der Waals surface area contributed by atoms with Crippen LogP contribution in [0.3, 0.4) is 0 Å². The van der Waals surface area contributed by atoms with E-state index in [2.05, 4.69) is 0 Å². The molecule has 3 aromatic rings. The van der Waals surface area contributed by atoms with E-state index >= 15 is 0 Å². The van der Waals surface area contributed by atoms with Crippen LogP contribution in [-0.2, 0) is 0 Å². The van der Waals surface area contributed by atoms with Crippen molar-refractivity contribution in [2.45, 2.75) is 0 Å². The maximum absolute atomic E-state index is 14.7. The van der Waals surface area contributed by atoms with Gasteiger partial charge in [-0.05, 0) is 24.3 Å². The van der Waals surface area contributed by atoms with Gasteiger partial charge in [-0.25, -0.2) is 17.6 Å². The highest BCUT2D eigenvalue weighted by atomic mass is 19.2. The number of fused-ring (bicyclic) bond motifs is 2. The Kier molecular flexibility index (Phi) is 7.97. The van der Waals surface area contributed by atoms with Crippen LogP contribution in [0, 0.1) is 137 Å². The summed E-state index contributed by atoms with van der Waals surface area (Å²) in [5.74, 6) is -5.98. The van der Waals surface area contributed by atoms with Crippen LogP contribution in [-0.4, -0.2) is 0 Å². The molecule has 0 bridgehead atoms. The summed E-state index contributed by atoms with van der Waals surface area (Å²) in [5, 5.41) is 102. The highest BCUT2D eigenvalue weighted by Gasteiger charge is 2.44. The number of hydrogen-bond acceptors (Lipinski definition) is 10. The summed E-state index contributed by atoms with van der Waals surface area (Å²) in [4.78, 5) is 0. The van der Waals surface area contributed by atoms with E-state index in [1.807, 2.05) is 0 Å².